The molecule has 2 unspecified atom stereocenters. The van der Waals surface area contributed by atoms with E-state index in [1.165, 1.54) is 42.4 Å². The SMILES string of the molecule is CC1CCC(C(C)(C)C)CC1.CNC(C)C(C)(C)c1cc(C(C)S)cc(C(C)(C)C)c1. The highest BCUT2D eigenvalue weighted by Gasteiger charge is 2.29. The van der Waals surface area contributed by atoms with E-state index in [1.54, 1.807) is 0 Å². The quantitative estimate of drug-likeness (QED) is 0.440. The fourth-order valence-electron chi connectivity index (χ4n) is 4.43. The zero-order valence-electron chi connectivity index (χ0n) is 22.8. The maximum Gasteiger partial charge on any atom is 0.0239 e. The molecule has 0 amide bonds. The molecule has 0 aliphatic heterocycles. The maximum atomic E-state index is 4.63. The van der Waals surface area contributed by atoms with Crippen molar-refractivity contribution in [2.45, 2.75) is 124 Å². The smallest absolute Gasteiger partial charge is 0.0239 e. The highest BCUT2D eigenvalue weighted by molar-refractivity contribution is 7.80. The maximum absolute atomic E-state index is 4.63. The molecule has 0 aromatic heterocycles. The molecule has 1 aliphatic rings. The van der Waals surface area contributed by atoms with Crippen LogP contribution < -0.4 is 5.32 Å². The third-order valence-electron chi connectivity index (χ3n) is 7.80. The highest BCUT2D eigenvalue weighted by Crippen LogP contribution is 2.39. The molecule has 2 heteroatoms. The van der Waals surface area contributed by atoms with Gasteiger partial charge in [0.25, 0.3) is 0 Å². The molecule has 0 saturated heterocycles. The van der Waals surface area contributed by atoms with Gasteiger partial charge in [0.05, 0.1) is 0 Å². The molecule has 1 aromatic carbocycles. The van der Waals surface area contributed by atoms with Crippen molar-refractivity contribution in [2.24, 2.45) is 17.3 Å². The molecular formula is C29H53NS. The Morgan fingerprint density at radius 2 is 1.32 bits per heavy atom. The lowest BCUT2D eigenvalue weighted by molar-refractivity contribution is 0.155. The average molecular weight is 448 g/mol. The summed E-state index contributed by atoms with van der Waals surface area (Å²) >= 11 is 4.63. The van der Waals surface area contributed by atoms with Crippen molar-refractivity contribution < 1.29 is 0 Å². The van der Waals surface area contributed by atoms with Crippen LogP contribution in [0.1, 0.15) is 124 Å². The van der Waals surface area contributed by atoms with Crippen molar-refractivity contribution in [2.75, 3.05) is 7.05 Å². The minimum absolute atomic E-state index is 0.0907. The predicted octanol–water partition coefficient (Wildman–Crippen LogP) is 8.72. The first-order valence-corrected chi connectivity index (χ1v) is 13.0. The summed E-state index contributed by atoms with van der Waals surface area (Å²) in [6.45, 7) is 25.4. The van der Waals surface area contributed by atoms with Crippen LogP contribution in [0.25, 0.3) is 0 Å². The summed E-state index contributed by atoms with van der Waals surface area (Å²) in [5, 5.41) is 3.65. The topological polar surface area (TPSA) is 12.0 Å². The normalized spacial score (nSPS) is 22.4. The lowest BCUT2D eigenvalue weighted by Crippen LogP contribution is -2.40. The second-order valence-electron chi connectivity index (χ2n) is 12.8. The van der Waals surface area contributed by atoms with Crippen molar-refractivity contribution in [3.63, 3.8) is 0 Å². The first-order valence-electron chi connectivity index (χ1n) is 12.5. The molecule has 1 fully saturated rings. The van der Waals surface area contributed by atoms with E-state index in [9.17, 15) is 0 Å². The lowest BCUT2D eigenvalue weighted by Gasteiger charge is -2.35. The van der Waals surface area contributed by atoms with Gasteiger partial charge in [0, 0.05) is 16.7 Å². The van der Waals surface area contributed by atoms with Crippen molar-refractivity contribution in [1.29, 1.82) is 0 Å². The number of hydrogen-bond acceptors (Lipinski definition) is 2. The second-order valence-corrected chi connectivity index (χ2v) is 13.6. The zero-order valence-corrected chi connectivity index (χ0v) is 23.7. The first-order chi connectivity index (χ1) is 14.0. The van der Waals surface area contributed by atoms with Gasteiger partial charge in [-0.1, -0.05) is 93.4 Å². The summed E-state index contributed by atoms with van der Waals surface area (Å²) in [5.41, 5.74) is 4.90. The Hall–Kier alpha value is -0.470. The van der Waals surface area contributed by atoms with Crippen LogP contribution >= 0.6 is 12.6 Å². The molecule has 1 N–H and O–H groups in total. The molecule has 1 aromatic rings. The second kappa shape index (κ2) is 11.1. The van der Waals surface area contributed by atoms with Crippen LogP contribution in [0.15, 0.2) is 18.2 Å². The first kappa shape index (κ1) is 28.6. The Kier molecular flexibility index (Phi) is 10.2. The Morgan fingerprint density at radius 1 is 0.839 bits per heavy atom. The molecule has 180 valence electrons. The third-order valence-corrected chi connectivity index (χ3v) is 8.10. The van der Waals surface area contributed by atoms with Gasteiger partial charge in [0.1, 0.15) is 0 Å². The van der Waals surface area contributed by atoms with E-state index >= 15 is 0 Å². The Labute approximate surface area is 201 Å². The van der Waals surface area contributed by atoms with E-state index in [0.717, 1.165) is 11.8 Å². The molecule has 0 heterocycles. The van der Waals surface area contributed by atoms with E-state index in [0.29, 0.717) is 11.5 Å². The van der Waals surface area contributed by atoms with Crippen LogP contribution in [0.5, 0.6) is 0 Å². The summed E-state index contributed by atoms with van der Waals surface area (Å²) in [6, 6.07) is 7.41. The minimum atomic E-state index is 0.0907. The van der Waals surface area contributed by atoms with Crippen LogP contribution in [0.2, 0.25) is 0 Å². The van der Waals surface area contributed by atoms with E-state index in [1.807, 2.05) is 7.05 Å². The average Bonchev–Trinajstić information content (AvgIpc) is 2.66. The van der Waals surface area contributed by atoms with Crippen LogP contribution in [0.3, 0.4) is 0 Å². The van der Waals surface area contributed by atoms with Gasteiger partial charge in [-0.2, -0.15) is 12.6 Å². The van der Waals surface area contributed by atoms with Gasteiger partial charge < -0.3 is 5.32 Å². The fourth-order valence-corrected chi connectivity index (χ4v) is 4.58. The summed E-state index contributed by atoms with van der Waals surface area (Å²) in [6.07, 6.45) is 5.85. The van der Waals surface area contributed by atoms with E-state index in [-0.39, 0.29) is 16.1 Å². The lowest BCUT2D eigenvalue weighted by atomic mass is 9.70. The Morgan fingerprint density at radius 3 is 1.71 bits per heavy atom. The van der Waals surface area contributed by atoms with E-state index in [4.69, 9.17) is 0 Å². The summed E-state index contributed by atoms with van der Waals surface area (Å²) in [4.78, 5) is 0. The monoisotopic (exact) mass is 447 g/mol. The van der Waals surface area contributed by atoms with E-state index in [2.05, 4.69) is 112 Å². The van der Waals surface area contributed by atoms with E-state index < -0.39 is 0 Å². The van der Waals surface area contributed by atoms with Crippen LogP contribution in [-0.4, -0.2) is 13.1 Å². The molecule has 2 atom stereocenters. The minimum Gasteiger partial charge on any atom is -0.316 e. The number of thiol groups is 1. The van der Waals surface area contributed by atoms with Gasteiger partial charge in [-0.25, -0.2) is 0 Å². The van der Waals surface area contributed by atoms with Gasteiger partial charge in [-0.05, 0) is 73.1 Å². The Bertz CT molecular complexity index is 667. The number of nitrogens with one attached hydrogen (secondary N) is 1. The molecule has 2 rings (SSSR count). The number of benzene rings is 1. The molecule has 1 nitrogen and oxygen atoms in total. The van der Waals surface area contributed by atoms with Crippen LogP contribution in [-0.2, 0) is 10.8 Å². The summed E-state index contributed by atoms with van der Waals surface area (Å²) in [5.74, 6) is 1.98. The number of rotatable bonds is 4. The molecule has 31 heavy (non-hydrogen) atoms. The van der Waals surface area contributed by atoms with Gasteiger partial charge in [0.15, 0.2) is 0 Å². The predicted molar refractivity (Wildman–Crippen MR) is 145 cm³/mol. The molecule has 0 spiro atoms. The zero-order chi connectivity index (χ0) is 24.2. The Balaban J connectivity index is 0.000000367. The van der Waals surface area contributed by atoms with Gasteiger partial charge in [-0.15, -0.1) is 0 Å². The molecule has 0 bridgehead atoms. The number of likely N-dealkylation sites (N-methyl/N-ethyl adjacent to an activating group) is 1. The van der Waals surface area contributed by atoms with Gasteiger partial charge in [-0.3, -0.25) is 0 Å². The van der Waals surface area contributed by atoms with Crippen LogP contribution in [0.4, 0.5) is 0 Å². The summed E-state index contributed by atoms with van der Waals surface area (Å²) in [7, 11) is 2.03. The molecular weight excluding hydrogens is 394 g/mol. The summed E-state index contributed by atoms with van der Waals surface area (Å²) < 4.78 is 0. The van der Waals surface area contributed by atoms with Gasteiger partial charge >= 0.3 is 0 Å². The largest absolute Gasteiger partial charge is 0.316 e. The standard InChI is InChI=1S/C18H31NS.C11H22/c1-12(20)14-9-15(17(3,4)5)11-16(10-14)18(6,7)13(2)19-8;1-9-5-7-10(8-6-9)11(2,3)4/h9-13,19-20H,1-8H3;9-10H,5-8H2,1-4H3. The van der Waals surface area contributed by atoms with Crippen molar-refractivity contribution in [3.8, 4) is 0 Å². The molecule has 1 saturated carbocycles. The molecule has 0 radical (unpaired) electrons. The third kappa shape index (κ3) is 8.43. The van der Waals surface area contributed by atoms with Crippen molar-refractivity contribution in [1.82, 2.24) is 5.32 Å². The van der Waals surface area contributed by atoms with Gasteiger partial charge in [0.2, 0.25) is 0 Å². The van der Waals surface area contributed by atoms with Crippen molar-refractivity contribution in [3.05, 3.63) is 34.9 Å². The van der Waals surface area contributed by atoms with Crippen molar-refractivity contribution >= 4 is 12.6 Å². The fraction of sp³-hybridized carbons (Fsp3) is 0.793. The van der Waals surface area contributed by atoms with Crippen LogP contribution in [0, 0.1) is 17.3 Å². The molecule has 1 aliphatic carbocycles. The number of hydrogen-bond donors (Lipinski definition) is 2. The highest BCUT2D eigenvalue weighted by atomic mass is 32.1.